The van der Waals surface area contributed by atoms with Crippen LogP contribution in [-0.4, -0.2) is 68.9 Å². The van der Waals surface area contributed by atoms with Gasteiger partial charge in [-0.15, -0.1) is 0 Å². The van der Waals surface area contributed by atoms with Crippen LogP contribution in [0.2, 0.25) is 0 Å². The van der Waals surface area contributed by atoms with Gasteiger partial charge in [0.05, 0.1) is 11.3 Å². The number of nitrogens with zero attached hydrogens (tertiary/aromatic N) is 6. The van der Waals surface area contributed by atoms with Crippen molar-refractivity contribution in [3.05, 3.63) is 89.6 Å². The Morgan fingerprint density at radius 3 is 2.53 bits per heavy atom. The van der Waals surface area contributed by atoms with Crippen molar-refractivity contribution in [1.82, 2.24) is 29.7 Å². The van der Waals surface area contributed by atoms with Crippen molar-refractivity contribution >= 4 is 23.2 Å². The van der Waals surface area contributed by atoms with Gasteiger partial charge in [-0.1, -0.05) is 19.1 Å². The van der Waals surface area contributed by atoms with Gasteiger partial charge in [-0.25, -0.2) is 19.9 Å². The van der Waals surface area contributed by atoms with E-state index in [-0.39, 0.29) is 23.7 Å². The Morgan fingerprint density at radius 2 is 1.84 bits per heavy atom. The summed E-state index contributed by atoms with van der Waals surface area (Å²) in [7, 11) is 3.97. The van der Waals surface area contributed by atoms with Crippen LogP contribution in [0, 0.1) is 12.8 Å². The Bertz CT molecular complexity index is 1600. The molecule has 0 unspecified atom stereocenters. The summed E-state index contributed by atoms with van der Waals surface area (Å²) in [5, 5.41) is 5.87. The van der Waals surface area contributed by atoms with Crippen molar-refractivity contribution in [3.8, 4) is 11.3 Å². The lowest BCUT2D eigenvalue weighted by atomic mass is 10.0. The molecule has 0 radical (unpaired) electrons. The minimum absolute atomic E-state index is 0.0757. The second-order valence-corrected chi connectivity index (χ2v) is 11.1. The van der Waals surface area contributed by atoms with E-state index < -0.39 is 17.6 Å². The van der Waals surface area contributed by atoms with Crippen molar-refractivity contribution in [2.45, 2.75) is 32.6 Å². The minimum Gasteiger partial charge on any atom is -0.324 e. The van der Waals surface area contributed by atoms with Crippen molar-refractivity contribution in [1.29, 1.82) is 0 Å². The standard InChI is InChI=1S/C31H33F3N8O/c1-19-5-8-24(12-27(19)40-30-37-10-9-26(39-30)23-13-35-18-36-14-23)38-29(43)21-6-7-22(25(11-21)31(32,33)34)16-42-15-20(2)28(17-42)41(3)4/h5-14,18,20,28H,15-17H2,1-4H3,(H,38,43)(H,37,39,40)/t20-,28-/m1/s1. The van der Waals surface area contributed by atoms with E-state index in [4.69, 9.17) is 0 Å². The van der Waals surface area contributed by atoms with Gasteiger partial charge in [0, 0.05) is 66.8 Å². The lowest BCUT2D eigenvalue weighted by molar-refractivity contribution is -0.138. The van der Waals surface area contributed by atoms with Crippen LogP contribution >= 0.6 is 0 Å². The van der Waals surface area contributed by atoms with E-state index in [1.54, 1.807) is 42.9 Å². The molecule has 2 N–H and O–H groups in total. The quantitative estimate of drug-likeness (QED) is 0.272. The predicted molar refractivity (Wildman–Crippen MR) is 159 cm³/mol. The van der Waals surface area contributed by atoms with Crippen molar-refractivity contribution in [2.24, 2.45) is 5.92 Å². The maximum absolute atomic E-state index is 14.1. The molecule has 4 aromatic rings. The summed E-state index contributed by atoms with van der Waals surface area (Å²) in [5.41, 5.74) is 2.52. The lowest BCUT2D eigenvalue weighted by Gasteiger charge is -2.23. The first-order valence-corrected chi connectivity index (χ1v) is 13.8. The maximum atomic E-state index is 14.1. The minimum atomic E-state index is -4.60. The molecule has 1 aliphatic rings. The number of hydrogen-bond acceptors (Lipinski definition) is 8. The Hall–Kier alpha value is -4.42. The third kappa shape index (κ3) is 7.15. The Kier molecular flexibility index (Phi) is 8.69. The van der Waals surface area contributed by atoms with Crippen LogP contribution in [0.4, 0.5) is 30.5 Å². The molecule has 0 aliphatic carbocycles. The second-order valence-electron chi connectivity index (χ2n) is 11.1. The molecule has 1 fully saturated rings. The van der Waals surface area contributed by atoms with E-state index in [0.717, 1.165) is 17.2 Å². The molecule has 2 aromatic carbocycles. The summed E-state index contributed by atoms with van der Waals surface area (Å²) < 4.78 is 42.4. The van der Waals surface area contributed by atoms with Crippen LogP contribution < -0.4 is 10.6 Å². The van der Waals surface area contributed by atoms with Gasteiger partial charge >= 0.3 is 6.18 Å². The van der Waals surface area contributed by atoms with E-state index >= 15 is 0 Å². The molecule has 2 atom stereocenters. The first-order valence-electron chi connectivity index (χ1n) is 13.8. The zero-order chi connectivity index (χ0) is 30.7. The van der Waals surface area contributed by atoms with Gasteiger partial charge in [0.2, 0.25) is 5.95 Å². The molecule has 2 aromatic heterocycles. The van der Waals surface area contributed by atoms with Gasteiger partial charge in [0.25, 0.3) is 5.91 Å². The topological polar surface area (TPSA) is 99.2 Å². The van der Waals surface area contributed by atoms with Gasteiger partial charge in [-0.2, -0.15) is 13.2 Å². The van der Waals surface area contributed by atoms with Crippen LogP contribution in [0.15, 0.2) is 67.4 Å². The van der Waals surface area contributed by atoms with Crippen LogP contribution in [-0.2, 0) is 12.7 Å². The number of benzene rings is 2. The molecule has 0 saturated carbocycles. The summed E-state index contributed by atoms with van der Waals surface area (Å²) in [6, 6.07) is 11.0. The number of halogens is 3. The van der Waals surface area contributed by atoms with E-state index in [1.807, 2.05) is 25.9 Å². The fraction of sp³-hybridized carbons (Fsp3) is 0.323. The first-order chi connectivity index (χ1) is 20.5. The van der Waals surface area contributed by atoms with Gasteiger partial charge in [0.1, 0.15) is 6.33 Å². The third-order valence-electron chi connectivity index (χ3n) is 7.64. The van der Waals surface area contributed by atoms with E-state index in [1.165, 1.54) is 18.5 Å². The highest BCUT2D eigenvalue weighted by Gasteiger charge is 2.36. The zero-order valence-corrected chi connectivity index (χ0v) is 24.4. The summed E-state index contributed by atoms with van der Waals surface area (Å²) in [6.07, 6.45) is 1.72. The number of likely N-dealkylation sites (N-methyl/N-ethyl adjacent to an activating group) is 1. The predicted octanol–water partition coefficient (Wildman–Crippen LogP) is 5.64. The van der Waals surface area contributed by atoms with Gasteiger partial charge < -0.3 is 15.5 Å². The monoisotopic (exact) mass is 590 g/mol. The van der Waals surface area contributed by atoms with Crippen LogP contribution in [0.25, 0.3) is 11.3 Å². The summed E-state index contributed by atoms with van der Waals surface area (Å²) in [4.78, 5) is 34.1. The first kappa shape index (κ1) is 30.1. The van der Waals surface area contributed by atoms with Gasteiger partial charge in [-0.3, -0.25) is 9.69 Å². The van der Waals surface area contributed by atoms with E-state index in [9.17, 15) is 18.0 Å². The average Bonchev–Trinajstić information content (AvgIpc) is 3.35. The zero-order valence-electron chi connectivity index (χ0n) is 24.4. The molecule has 43 heavy (non-hydrogen) atoms. The number of carbonyl (C=O) groups excluding carboxylic acids is 1. The van der Waals surface area contributed by atoms with Crippen LogP contribution in [0.5, 0.6) is 0 Å². The average molecular weight is 591 g/mol. The Morgan fingerprint density at radius 1 is 1.07 bits per heavy atom. The SMILES string of the molecule is Cc1ccc(NC(=O)c2ccc(CN3C[C@@H](C)[C@H](N(C)C)C3)c(C(F)(F)F)c2)cc1Nc1nccc(-c2cncnc2)n1. The molecule has 0 bridgehead atoms. The molecular weight excluding hydrogens is 557 g/mol. The molecule has 224 valence electrons. The molecule has 12 heteroatoms. The molecule has 9 nitrogen and oxygen atoms in total. The summed E-state index contributed by atoms with van der Waals surface area (Å²) >= 11 is 0. The molecule has 1 amide bonds. The largest absolute Gasteiger partial charge is 0.416 e. The van der Waals surface area contributed by atoms with Gasteiger partial charge in [-0.05, 0) is 68.4 Å². The van der Waals surface area contributed by atoms with Crippen LogP contribution in [0.3, 0.4) is 0 Å². The Labute approximate surface area is 248 Å². The maximum Gasteiger partial charge on any atom is 0.416 e. The number of likely N-dealkylation sites (tertiary alicyclic amines) is 1. The summed E-state index contributed by atoms with van der Waals surface area (Å²) in [5.74, 6) is 0.0246. The fourth-order valence-electron chi connectivity index (χ4n) is 5.38. The highest BCUT2D eigenvalue weighted by Crippen LogP contribution is 2.35. The molecule has 1 saturated heterocycles. The highest BCUT2D eigenvalue weighted by atomic mass is 19.4. The van der Waals surface area contributed by atoms with Gasteiger partial charge in [0.15, 0.2) is 0 Å². The molecule has 3 heterocycles. The number of aryl methyl sites for hydroxylation is 1. The van der Waals surface area contributed by atoms with Crippen LogP contribution in [0.1, 0.15) is 34.0 Å². The second kappa shape index (κ2) is 12.4. The number of carbonyl (C=O) groups is 1. The number of aromatic nitrogens is 4. The third-order valence-corrected chi connectivity index (χ3v) is 7.64. The number of rotatable bonds is 8. The smallest absolute Gasteiger partial charge is 0.324 e. The lowest BCUT2D eigenvalue weighted by Crippen LogP contribution is -2.34. The number of anilines is 3. The van der Waals surface area contributed by atoms with Crippen molar-refractivity contribution in [3.63, 3.8) is 0 Å². The Balaban J connectivity index is 1.32. The van der Waals surface area contributed by atoms with E-state index in [0.29, 0.717) is 42.0 Å². The van der Waals surface area contributed by atoms with E-state index in [2.05, 4.69) is 42.4 Å². The normalized spacial score (nSPS) is 17.3. The summed E-state index contributed by atoms with van der Waals surface area (Å²) in [6.45, 7) is 5.55. The number of alkyl halides is 3. The highest BCUT2D eigenvalue weighted by molar-refractivity contribution is 6.04. The fourth-order valence-corrected chi connectivity index (χ4v) is 5.38. The molecular formula is C31H33F3N8O. The van der Waals surface area contributed by atoms with Crippen molar-refractivity contribution in [2.75, 3.05) is 37.8 Å². The molecule has 1 aliphatic heterocycles. The molecule has 0 spiro atoms. The number of amides is 1. The molecule has 5 rings (SSSR count). The van der Waals surface area contributed by atoms with Crippen molar-refractivity contribution < 1.29 is 18.0 Å². The number of hydrogen-bond donors (Lipinski definition) is 2. The number of nitrogens with one attached hydrogen (secondary N) is 2.